The molecule has 0 aliphatic heterocycles. The standard InChI is InChI=1S/C9H11N5O/c1-6-4-7(13-11-5-6)9-12-8(2-3-10)15-14-9/h4-5H,2-3,10H2,1H3. The molecule has 2 N–H and O–H groups in total. The third-order valence-corrected chi connectivity index (χ3v) is 1.85. The maximum atomic E-state index is 5.38. The van der Waals surface area contributed by atoms with Gasteiger partial charge in [0, 0.05) is 13.0 Å². The van der Waals surface area contributed by atoms with Crippen molar-refractivity contribution in [2.75, 3.05) is 6.54 Å². The maximum Gasteiger partial charge on any atom is 0.228 e. The Bertz CT molecular complexity index is 453. The molecular formula is C9H11N5O. The number of nitrogens with zero attached hydrogens (tertiary/aromatic N) is 4. The predicted molar refractivity (Wildman–Crippen MR) is 52.8 cm³/mol. The highest BCUT2D eigenvalue weighted by atomic mass is 16.5. The lowest BCUT2D eigenvalue weighted by Crippen LogP contribution is -2.02. The fraction of sp³-hybridized carbons (Fsp3) is 0.333. The Morgan fingerprint density at radius 2 is 2.33 bits per heavy atom. The second-order valence-corrected chi connectivity index (χ2v) is 3.17. The Hall–Kier alpha value is -1.82. The van der Waals surface area contributed by atoms with E-state index in [1.54, 1.807) is 6.20 Å². The lowest BCUT2D eigenvalue weighted by atomic mass is 10.3. The molecule has 0 fully saturated rings. The quantitative estimate of drug-likeness (QED) is 0.776. The zero-order valence-electron chi connectivity index (χ0n) is 8.34. The Labute approximate surface area is 86.5 Å². The van der Waals surface area contributed by atoms with E-state index in [9.17, 15) is 0 Å². The number of nitrogens with two attached hydrogens (primary N) is 1. The highest BCUT2D eigenvalue weighted by molar-refractivity contribution is 5.47. The van der Waals surface area contributed by atoms with Crippen molar-refractivity contribution in [3.8, 4) is 11.5 Å². The molecule has 0 unspecified atom stereocenters. The summed E-state index contributed by atoms with van der Waals surface area (Å²) < 4.78 is 4.99. The predicted octanol–water partition coefficient (Wildman–Crippen LogP) is 0.336. The van der Waals surface area contributed by atoms with Crippen molar-refractivity contribution in [3.63, 3.8) is 0 Å². The van der Waals surface area contributed by atoms with E-state index in [1.807, 2.05) is 13.0 Å². The molecule has 0 spiro atoms. The molecule has 0 bridgehead atoms. The first kappa shape index (κ1) is 9.72. The third-order valence-electron chi connectivity index (χ3n) is 1.85. The number of hydrogen-bond acceptors (Lipinski definition) is 6. The first-order valence-electron chi connectivity index (χ1n) is 4.62. The Balaban J connectivity index is 2.29. The largest absolute Gasteiger partial charge is 0.339 e. The van der Waals surface area contributed by atoms with Crippen molar-refractivity contribution in [2.24, 2.45) is 5.73 Å². The van der Waals surface area contributed by atoms with Crippen molar-refractivity contribution in [3.05, 3.63) is 23.7 Å². The van der Waals surface area contributed by atoms with Crippen LogP contribution in [0.2, 0.25) is 0 Å². The normalized spacial score (nSPS) is 10.5. The van der Waals surface area contributed by atoms with E-state index >= 15 is 0 Å². The van der Waals surface area contributed by atoms with Gasteiger partial charge >= 0.3 is 0 Å². The first-order chi connectivity index (χ1) is 7.29. The lowest BCUT2D eigenvalue weighted by molar-refractivity contribution is 0.380. The average molecular weight is 205 g/mol. The van der Waals surface area contributed by atoms with Crippen molar-refractivity contribution < 1.29 is 4.52 Å². The minimum absolute atomic E-state index is 0.453. The Morgan fingerprint density at radius 3 is 3.07 bits per heavy atom. The molecule has 2 aromatic heterocycles. The zero-order valence-corrected chi connectivity index (χ0v) is 8.34. The maximum absolute atomic E-state index is 5.38. The van der Waals surface area contributed by atoms with E-state index in [0.717, 1.165) is 5.56 Å². The van der Waals surface area contributed by atoms with Crippen LogP contribution in [-0.4, -0.2) is 26.9 Å². The summed E-state index contributed by atoms with van der Waals surface area (Å²) in [4.78, 5) is 4.15. The lowest BCUT2D eigenvalue weighted by Gasteiger charge is -1.92. The van der Waals surface area contributed by atoms with Crippen LogP contribution in [0, 0.1) is 6.92 Å². The van der Waals surface area contributed by atoms with Gasteiger partial charge in [0.1, 0.15) is 5.69 Å². The second-order valence-electron chi connectivity index (χ2n) is 3.17. The fourth-order valence-electron chi connectivity index (χ4n) is 1.16. The van der Waals surface area contributed by atoms with Crippen molar-refractivity contribution in [1.82, 2.24) is 20.3 Å². The van der Waals surface area contributed by atoms with Gasteiger partial charge in [0.25, 0.3) is 0 Å². The van der Waals surface area contributed by atoms with Gasteiger partial charge in [-0.25, -0.2) is 0 Å². The summed E-state index contributed by atoms with van der Waals surface area (Å²) in [6, 6.07) is 1.85. The van der Waals surface area contributed by atoms with Crippen LogP contribution in [0.25, 0.3) is 11.5 Å². The molecule has 2 heterocycles. The smallest absolute Gasteiger partial charge is 0.228 e. The number of rotatable bonds is 3. The molecule has 78 valence electrons. The molecule has 0 saturated carbocycles. The summed E-state index contributed by atoms with van der Waals surface area (Å²) in [6.07, 6.45) is 2.25. The van der Waals surface area contributed by atoms with Crippen molar-refractivity contribution in [1.29, 1.82) is 0 Å². The van der Waals surface area contributed by atoms with Crippen LogP contribution in [-0.2, 0) is 6.42 Å². The average Bonchev–Trinajstić information content (AvgIpc) is 2.67. The number of hydrogen-bond donors (Lipinski definition) is 1. The molecule has 15 heavy (non-hydrogen) atoms. The number of aromatic nitrogens is 4. The van der Waals surface area contributed by atoms with Gasteiger partial charge in [-0.15, -0.1) is 5.10 Å². The summed E-state index contributed by atoms with van der Waals surface area (Å²) in [5, 5.41) is 11.5. The molecule has 0 aromatic carbocycles. The number of aryl methyl sites for hydroxylation is 1. The zero-order chi connectivity index (χ0) is 10.7. The summed E-state index contributed by atoms with van der Waals surface area (Å²) in [5.41, 5.74) is 6.99. The highest BCUT2D eigenvalue weighted by Crippen LogP contribution is 2.12. The highest BCUT2D eigenvalue weighted by Gasteiger charge is 2.09. The molecule has 2 aromatic rings. The molecule has 2 rings (SSSR count). The molecule has 0 aliphatic carbocycles. The topological polar surface area (TPSA) is 90.7 Å². The minimum atomic E-state index is 0.453. The van der Waals surface area contributed by atoms with Crippen LogP contribution in [0.3, 0.4) is 0 Å². The van der Waals surface area contributed by atoms with Crippen molar-refractivity contribution in [2.45, 2.75) is 13.3 Å². The molecule has 6 heteroatoms. The van der Waals surface area contributed by atoms with Crippen LogP contribution in [0.4, 0.5) is 0 Å². The molecule has 6 nitrogen and oxygen atoms in total. The minimum Gasteiger partial charge on any atom is -0.339 e. The second kappa shape index (κ2) is 4.14. The molecule has 0 aliphatic rings. The van der Waals surface area contributed by atoms with Gasteiger partial charge < -0.3 is 10.3 Å². The fourth-order valence-corrected chi connectivity index (χ4v) is 1.16. The Kier molecular flexibility index (Phi) is 2.68. The monoisotopic (exact) mass is 205 g/mol. The van der Waals surface area contributed by atoms with Crippen molar-refractivity contribution >= 4 is 0 Å². The summed E-state index contributed by atoms with van der Waals surface area (Å²) in [7, 11) is 0. The SMILES string of the molecule is Cc1cnnc(-c2noc(CCN)n2)c1. The van der Waals surface area contributed by atoms with Gasteiger partial charge in [0.15, 0.2) is 0 Å². The van der Waals surface area contributed by atoms with Gasteiger partial charge in [-0.1, -0.05) is 5.16 Å². The van der Waals surface area contributed by atoms with Gasteiger partial charge in [-0.3, -0.25) is 0 Å². The van der Waals surface area contributed by atoms with E-state index < -0.39 is 0 Å². The van der Waals surface area contributed by atoms with E-state index in [0.29, 0.717) is 30.4 Å². The molecule has 0 atom stereocenters. The molecule has 0 saturated heterocycles. The van der Waals surface area contributed by atoms with Crippen LogP contribution in [0.5, 0.6) is 0 Å². The van der Waals surface area contributed by atoms with E-state index in [2.05, 4.69) is 20.3 Å². The van der Waals surface area contributed by atoms with Gasteiger partial charge in [0.05, 0.1) is 6.20 Å². The van der Waals surface area contributed by atoms with Crippen LogP contribution >= 0.6 is 0 Å². The van der Waals surface area contributed by atoms with E-state index in [1.165, 1.54) is 0 Å². The summed E-state index contributed by atoms with van der Waals surface area (Å²) in [5.74, 6) is 0.977. The van der Waals surface area contributed by atoms with E-state index in [-0.39, 0.29) is 0 Å². The molecular weight excluding hydrogens is 194 g/mol. The van der Waals surface area contributed by atoms with Crippen LogP contribution in [0.1, 0.15) is 11.5 Å². The Morgan fingerprint density at radius 1 is 1.47 bits per heavy atom. The third kappa shape index (κ3) is 2.16. The van der Waals surface area contributed by atoms with Crippen LogP contribution in [0.15, 0.2) is 16.8 Å². The molecule has 0 amide bonds. The summed E-state index contributed by atoms with van der Waals surface area (Å²) >= 11 is 0. The van der Waals surface area contributed by atoms with Gasteiger partial charge in [0.2, 0.25) is 11.7 Å². The van der Waals surface area contributed by atoms with Gasteiger partial charge in [-0.05, 0) is 18.6 Å². The molecule has 0 radical (unpaired) electrons. The first-order valence-corrected chi connectivity index (χ1v) is 4.62. The van der Waals surface area contributed by atoms with Gasteiger partial charge in [-0.2, -0.15) is 10.1 Å². The summed E-state index contributed by atoms with van der Waals surface area (Å²) in [6.45, 7) is 2.42. The van der Waals surface area contributed by atoms with Crippen LogP contribution < -0.4 is 5.73 Å². The van der Waals surface area contributed by atoms with E-state index in [4.69, 9.17) is 10.3 Å².